The Bertz CT molecular complexity index is 625. The minimum absolute atomic E-state index is 0.519. The first-order chi connectivity index (χ1) is 11.2. The van der Waals surface area contributed by atoms with E-state index in [-0.39, 0.29) is 0 Å². The number of benzene rings is 2. The largest absolute Gasteiger partial charge is 0.459 e. The lowest BCUT2D eigenvalue weighted by Gasteiger charge is -2.15. The van der Waals surface area contributed by atoms with Gasteiger partial charge in [-0.25, -0.2) is 0 Å². The molecule has 1 N–H and O–H groups in total. The quantitative estimate of drug-likeness (QED) is 0.340. The van der Waals surface area contributed by atoms with Crippen molar-refractivity contribution in [1.82, 2.24) is 0 Å². The van der Waals surface area contributed by atoms with Crippen LogP contribution in [0, 0.1) is 6.92 Å². The van der Waals surface area contributed by atoms with Crippen molar-refractivity contribution in [2.75, 3.05) is 6.61 Å². The molecule has 0 saturated carbocycles. The molecule has 0 amide bonds. The van der Waals surface area contributed by atoms with Crippen molar-refractivity contribution >= 4 is 6.21 Å². The summed E-state index contributed by atoms with van der Waals surface area (Å²) in [5.41, 5.74) is 1.14. The molecule has 0 aliphatic carbocycles. The summed E-state index contributed by atoms with van der Waals surface area (Å²) in [5, 5.41) is 11.6. The van der Waals surface area contributed by atoms with Crippen LogP contribution in [0.1, 0.15) is 18.9 Å². The minimum Gasteiger partial charge on any atom is -0.459 e. The van der Waals surface area contributed by atoms with Crippen LogP contribution in [0.3, 0.4) is 0 Å². The van der Waals surface area contributed by atoms with Gasteiger partial charge in [-0.05, 0) is 55.3 Å². The molecule has 2 rings (SSSR count). The van der Waals surface area contributed by atoms with Crippen LogP contribution in [0.2, 0.25) is 0 Å². The van der Waals surface area contributed by atoms with Crippen LogP contribution in [-0.4, -0.2) is 24.3 Å². The van der Waals surface area contributed by atoms with Gasteiger partial charge in [-0.1, -0.05) is 24.2 Å². The van der Waals surface area contributed by atoms with Crippen LogP contribution in [0.5, 0.6) is 17.2 Å². The van der Waals surface area contributed by atoms with E-state index in [2.05, 4.69) is 5.16 Å². The van der Waals surface area contributed by atoms with Gasteiger partial charge in [0.15, 0.2) is 0 Å². The molecule has 0 aliphatic rings. The number of hydrogen-bond acceptors (Lipinski definition) is 5. The van der Waals surface area contributed by atoms with Crippen LogP contribution >= 0.6 is 0 Å². The first-order valence-electron chi connectivity index (χ1n) is 7.51. The summed E-state index contributed by atoms with van der Waals surface area (Å²) < 4.78 is 16.8. The van der Waals surface area contributed by atoms with Crippen LogP contribution in [0.25, 0.3) is 0 Å². The maximum atomic E-state index is 8.63. The molecule has 0 aliphatic heterocycles. The van der Waals surface area contributed by atoms with Gasteiger partial charge in [-0.3, -0.25) is 0 Å². The predicted octanol–water partition coefficient (Wildman–Crippen LogP) is 4.38. The number of ether oxygens (including phenoxy) is 3. The molecule has 0 bridgehead atoms. The Morgan fingerprint density at radius 2 is 1.83 bits per heavy atom. The van der Waals surface area contributed by atoms with E-state index in [9.17, 15) is 0 Å². The zero-order valence-corrected chi connectivity index (χ0v) is 13.3. The molecule has 122 valence electrons. The third kappa shape index (κ3) is 5.64. The highest BCUT2D eigenvalue weighted by atomic mass is 16.7. The summed E-state index contributed by atoms with van der Waals surface area (Å²) in [6, 6.07) is 15.0. The number of nitrogens with zero attached hydrogens (tertiary/aromatic N) is 1. The van der Waals surface area contributed by atoms with Gasteiger partial charge in [0.25, 0.3) is 0 Å². The second-order valence-electron chi connectivity index (χ2n) is 5.01. The molecular formula is C18H21NO4. The van der Waals surface area contributed by atoms with E-state index in [1.165, 1.54) is 6.21 Å². The molecule has 2 aromatic carbocycles. The van der Waals surface area contributed by atoms with Gasteiger partial charge in [0.1, 0.15) is 23.5 Å². The number of hydrogen-bond donors (Lipinski definition) is 1. The highest BCUT2D eigenvalue weighted by molar-refractivity contribution is 5.61. The Labute approximate surface area is 136 Å². The van der Waals surface area contributed by atoms with Gasteiger partial charge >= 0.3 is 0 Å². The normalized spacial score (nSPS) is 12.3. The number of oxime groups is 1. The second kappa shape index (κ2) is 8.80. The molecule has 0 spiro atoms. The Balaban J connectivity index is 1.98. The Kier molecular flexibility index (Phi) is 6.44. The summed E-state index contributed by atoms with van der Waals surface area (Å²) in [6.45, 7) is 4.53. The highest BCUT2D eigenvalue weighted by Crippen LogP contribution is 2.24. The highest BCUT2D eigenvalue weighted by Gasteiger charge is 2.08. The predicted molar refractivity (Wildman–Crippen MR) is 88.6 cm³/mol. The molecule has 1 unspecified atom stereocenters. The lowest BCUT2D eigenvalue weighted by molar-refractivity contribution is -0.0293. The van der Waals surface area contributed by atoms with Gasteiger partial charge in [0.05, 0.1) is 6.61 Å². The molecule has 23 heavy (non-hydrogen) atoms. The van der Waals surface area contributed by atoms with E-state index >= 15 is 0 Å². The molecule has 5 nitrogen and oxygen atoms in total. The van der Waals surface area contributed by atoms with E-state index in [0.29, 0.717) is 18.1 Å². The molecular weight excluding hydrogens is 294 g/mol. The van der Waals surface area contributed by atoms with Crippen LogP contribution in [0.15, 0.2) is 53.7 Å². The van der Waals surface area contributed by atoms with Gasteiger partial charge in [-0.2, -0.15) is 0 Å². The molecule has 5 heteroatoms. The van der Waals surface area contributed by atoms with E-state index in [1.54, 1.807) is 12.1 Å². The average molecular weight is 315 g/mol. The van der Waals surface area contributed by atoms with E-state index < -0.39 is 6.29 Å². The fourth-order valence-electron chi connectivity index (χ4n) is 1.93. The minimum atomic E-state index is -0.719. The molecule has 1 atom stereocenters. The fourth-order valence-corrected chi connectivity index (χ4v) is 1.93. The molecule has 0 heterocycles. The van der Waals surface area contributed by atoms with Gasteiger partial charge in [0, 0.05) is 0 Å². The van der Waals surface area contributed by atoms with Crippen molar-refractivity contribution < 1.29 is 19.4 Å². The summed E-state index contributed by atoms with van der Waals surface area (Å²) in [4.78, 5) is 0. The van der Waals surface area contributed by atoms with E-state index in [0.717, 1.165) is 17.7 Å². The number of aryl methyl sites for hydroxylation is 1. The van der Waals surface area contributed by atoms with Crippen molar-refractivity contribution in [2.24, 2.45) is 5.16 Å². The van der Waals surface area contributed by atoms with Crippen LogP contribution in [-0.2, 0) is 4.74 Å². The maximum absolute atomic E-state index is 8.63. The third-order valence-corrected chi connectivity index (χ3v) is 2.98. The topological polar surface area (TPSA) is 60.3 Å². The zero-order chi connectivity index (χ0) is 16.5. The molecule has 0 aromatic heterocycles. The molecule has 2 aromatic rings. The van der Waals surface area contributed by atoms with Crippen molar-refractivity contribution in [3.8, 4) is 17.2 Å². The molecule has 0 saturated heterocycles. The molecule has 0 radical (unpaired) electrons. The van der Waals surface area contributed by atoms with Crippen LogP contribution < -0.4 is 9.47 Å². The first-order valence-corrected chi connectivity index (χ1v) is 7.51. The Hall–Kier alpha value is -2.53. The zero-order valence-electron chi connectivity index (χ0n) is 13.3. The second-order valence-corrected chi connectivity index (χ2v) is 5.01. The van der Waals surface area contributed by atoms with Gasteiger partial charge in [-0.15, -0.1) is 0 Å². The van der Waals surface area contributed by atoms with E-state index in [1.807, 2.05) is 50.2 Å². The van der Waals surface area contributed by atoms with Gasteiger partial charge < -0.3 is 19.4 Å². The average Bonchev–Trinajstić information content (AvgIpc) is 2.55. The monoisotopic (exact) mass is 315 g/mol. The summed E-state index contributed by atoms with van der Waals surface area (Å²) in [7, 11) is 0. The standard InChI is InChI=1S/C18H21NO4/c1-3-11-21-18(13-19-20)23-16-9-7-15(8-10-16)22-17-6-4-5-14(2)12-17/h4-10,12-13,18,20H,3,11H2,1-2H3. The SMILES string of the molecule is CCCOC(C=NO)Oc1ccc(Oc2cccc(C)c2)cc1. The van der Waals surface area contributed by atoms with Crippen LogP contribution in [0.4, 0.5) is 0 Å². The summed E-state index contributed by atoms with van der Waals surface area (Å²) in [5.74, 6) is 2.10. The van der Waals surface area contributed by atoms with E-state index in [4.69, 9.17) is 19.4 Å². The Morgan fingerprint density at radius 1 is 1.09 bits per heavy atom. The maximum Gasteiger partial charge on any atom is 0.240 e. The first kappa shape index (κ1) is 16.8. The molecule has 0 fully saturated rings. The van der Waals surface area contributed by atoms with Crippen molar-refractivity contribution in [3.05, 3.63) is 54.1 Å². The summed E-state index contributed by atoms with van der Waals surface area (Å²) in [6.07, 6.45) is 1.33. The fraction of sp³-hybridized carbons (Fsp3) is 0.278. The number of rotatable bonds is 8. The Morgan fingerprint density at radius 3 is 2.48 bits per heavy atom. The smallest absolute Gasteiger partial charge is 0.240 e. The van der Waals surface area contributed by atoms with Crippen molar-refractivity contribution in [2.45, 2.75) is 26.6 Å². The van der Waals surface area contributed by atoms with Crippen molar-refractivity contribution in [1.29, 1.82) is 0 Å². The third-order valence-electron chi connectivity index (χ3n) is 2.98. The van der Waals surface area contributed by atoms with Gasteiger partial charge in [0.2, 0.25) is 6.29 Å². The van der Waals surface area contributed by atoms with Crippen molar-refractivity contribution in [3.63, 3.8) is 0 Å². The lowest BCUT2D eigenvalue weighted by atomic mass is 10.2. The lowest BCUT2D eigenvalue weighted by Crippen LogP contribution is -2.22. The summed E-state index contributed by atoms with van der Waals surface area (Å²) >= 11 is 0.